The van der Waals surface area contributed by atoms with Crippen LogP contribution in [-0.2, 0) is 14.3 Å². The van der Waals surface area contributed by atoms with Crippen molar-refractivity contribution in [3.63, 3.8) is 0 Å². The van der Waals surface area contributed by atoms with E-state index < -0.39 is 23.1 Å². The number of amides is 1. The number of carboxylic acid groups (broad SMARTS) is 1. The zero-order valence-corrected chi connectivity index (χ0v) is 14.6. The summed E-state index contributed by atoms with van der Waals surface area (Å²) in [7, 11) is 0. The Morgan fingerprint density at radius 2 is 1.73 bits per heavy atom. The molecular formula is C16H29NO5. The van der Waals surface area contributed by atoms with E-state index in [-0.39, 0.29) is 12.1 Å². The van der Waals surface area contributed by atoms with Crippen LogP contribution in [0.2, 0.25) is 0 Å². The summed E-state index contributed by atoms with van der Waals surface area (Å²) in [6.45, 7) is 12.1. The molecule has 1 aliphatic rings. The molecule has 22 heavy (non-hydrogen) atoms. The fourth-order valence-electron chi connectivity index (χ4n) is 2.39. The molecule has 6 heteroatoms. The average molecular weight is 315 g/mol. The molecule has 0 aromatic heterocycles. The number of carbonyl (C=O) groups is 2. The number of carbonyl (C=O) groups excluding carboxylic acids is 1. The molecule has 0 bridgehead atoms. The molecule has 0 aliphatic carbocycles. The summed E-state index contributed by atoms with van der Waals surface area (Å²) in [6.07, 6.45) is 0.362. The summed E-state index contributed by atoms with van der Waals surface area (Å²) >= 11 is 0. The Morgan fingerprint density at radius 3 is 2.18 bits per heavy atom. The number of hydrogen-bond acceptors (Lipinski definition) is 4. The van der Waals surface area contributed by atoms with E-state index in [9.17, 15) is 14.7 Å². The molecule has 1 N–H and O–H groups in total. The molecule has 1 amide bonds. The number of likely N-dealkylation sites (tertiary alicyclic amines) is 1. The van der Waals surface area contributed by atoms with Crippen LogP contribution in [0.5, 0.6) is 0 Å². The van der Waals surface area contributed by atoms with Crippen molar-refractivity contribution < 1.29 is 24.2 Å². The van der Waals surface area contributed by atoms with Crippen molar-refractivity contribution in [1.29, 1.82) is 0 Å². The average Bonchev–Trinajstić information content (AvgIpc) is 2.70. The van der Waals surface area contributed by atoms with Gasteiger partial charge in [0.15, 0.2) is 0 Å². The predicted molar refractivity (Wildman–Crippen MR) is 82.8 cm³/mol. The van der Waals surface area contributed by atoms with Crippen LogP contribution < -0.4 is 0 Å². The Labute approximate surface area is 132 Å². The molecule has 1 fully saturated rings. The Morgan fingerprint density at radius 1 is 1.14 bits per heavy atom. The first-order chi connectivity index (χ1) is 9.85. The predicted octanol–water partition coefficient (Wildman–Crippen LogP) is 2.90. The van der Waals surface area contributed by atoms with Gasteiger partial charge in [0, 0.05) is 19.7 Å². The van der Waals surface area contributed by atoms with Crippen LogP contribution in [-0.4, -0.2) is 53.0 Å². The fraction of sp³-hybridized carbons (Fsp3) is 0.875. The second-order valence-electron chi connectivity index (χ2n) is 7.95. The molecule has 1 aliphatic heterocycles. The second-order valence-corrected chi connectivity index (χ2v) is 7.95. The van der Waals surface area contributed by atoms with Gasteiger partial charge in [0.1, 0.15) is 5.60 Å². The third-order valence-corrected chi connectivity index (χ3v) is 3.57. The molecule has 1 saturated heterocycles. The van der Waals surface area contributed by atoms with Crippen LogP contribution in [0.4, 0.5) is 4.79 Å². The molecule has 0 aromatic carbocycles. The van der Waals surface area contributed by atoms with E-state index in [4.69, 9.17) is 9.47 Å². The van der Waals surface area contributed by atoms with Crippen molar-refractivity contribution in [2.75, 3.05) is 19.7 Å². The minimum absolute atomic E-state index is 0.171. The van der Waals surface area contributed by atoms with Gasteiger partial charge in [-0.25, -0.2) is 4.79 Å². The Hall–Kier alpha value is -1.30. The maximum absolute atomic E-state index is 12.1. The molecule has 1 atom stereocenters. The Kier molecular flexibility index (Phi) is 5.49. The van der Waals surface area contributed by atoms with Gasteiger partial charge in [0.05, 0.1) is 11.0 Å². The van der Waals surface area contributed by atoms with Gasteiger partial charge >= 0.3 is 12.1 Å². The third kappa shape index (κ3) is 5.48. The summed E-state index contributed by atoms with van der Waals surface area (Å²) in [4.78, 5) is 25.3. The Bertz CT molecular complexity index is 421. The number of rotatable bonds is 4. The molecule has 0 aromatic rings. The fourth-order valence-corrected chi connectivity index (χ4v) is 2.39. The first-order valence-corrected chi connectivity index (χ1v) is 7.70. The molecule has 6 nitrogen and oxygen atoms in total. The standard InChI is InChI=1S/C16H29NO5/c1-14(2,3)21-10-8-16(12(18)19)7-9-17(11-16)13(20)22-15(4,5)6/h7-11H2,1-6H3,(H,18,19). The third-order valence-electron chi connectivity index (χ3n) is 3.57. The van der Waals surface area contributed by atoms with Crippen molar-refractivity contribution in [2.24, 2.45) is 5.41 Å². The summed E-state index contributed by atoms with van der Waals surface area (Å²) < 4.78 is 11.0. The van der Waals surface area contributed by atoms with Crippen LogP contribution >= 0.6 is 0 Å². The number of nitrogens with zero attached hydrogens (tertiary/aromatic N) is 1. The molecule has 0 radical (unpaired) electrons. The van der Waals surface area contributed by atoms with Crippen molar-refractivity contribution in [1.82, 2.24) is 4.90 Å². The van der Waals surface area contributed by atoms with Gasteiger partial charge in [0.25, 0.3) is 0 Å². The van der Waals surface area contributed by atoms with Crippen LogP contribution in [0.25, 0.3) is 0 Å². The lowest BCUT2D eigenvalue weighted by Crippen LogP contribution is -2.40. The summed E-state index contributed by atoms with van der Waals surface area (Å²) in [6, 6.07) is 0. The van der Waals surface area contributed by atoms with E-state index in [0.717, 1.165) is 0 Å². The van der Waals surface area contributed by atoms with Gasteiger partial charge in [-0.2, -0.15) is 0 Å². The smallest absolute Gasteiger partial charge is 0.410 e. The molecule has 1 heterocycles. The number of aliphatic carboxylic acids is 1. The van der Waals surface area contributed by atoms with Crippen LogP contribution in [0.3, 0.4) is 0 Å². The summed E-state index contributed by atoms with van der Waals surface area (Å²) in [5.74, 6) is -0.879. The largest absolute Gasteiger partial charge is 0.481 e. The molecule has 128 valence electrons. The maximum Gasteiger partial charge on any atom is 0.410 e. The molecule has 0 spiro atoms. The van der Waals surface area contributed by atoms with E-state index in [0.29, 0.717) is 26.0 Å². The summed E-state index contributed by atoms with van der Waals surface area (Å²) in [5, 5.41) is 9.59. The van der Waals surface area contributed by atoms with E-state index in [1.807, 2.05) is 20.8 Å². The van der Waals surface area contributed by atoms with Gasteiger partial charge in [-0.3, -0.25) is 4.79 Å². The highest BCUT2D eigenvalue weighted by molar-refractivity contribution is 5.78. The van der Waals surface area contributed by atoms with Gasteiger partial charge in [0.2, 0.25) is 0 Å². The lowest BCUT2D eigenvalue weighted by molar-refractivity contribution is -0.150. The van der Waals surface area contributed by atoms with Gasteiger partial charge in [-0.1, -0.05) is 0 Å². The minimum atomic E-state index is -0.942. The molecule has 0 saturated carbocycles. The highest BCUT2D eigenvalue weighted by atomic mass is 16.6. The minimum Gasteiger partial charge on any atom is -0.481 e. The van der Waals surface area contributed by atoms with Crippen LogP contribution in [0.1, 0.15) is 54.4 Å². The normalized spacial score (nSPS) is 22.7. The van der Waals surface area contributed by atoms with Crippen LogP contribution in [0, 0.1) is 5.41 Å². The van der Waals surface area contributed by atoms with Gasteiger partial charge in [-0.15, -0.1) is 0 Å². The number of carboxylic acids is 1. The highest BCUT2D eigenvalue weighted by Crippen LogP contribution is 2.35. The van der Waals surface area contributed by atoms with Crippen molar-refractivity contribution in [3.05, 3.63) is 0 Å². The van der Waals surface area contributed by atoms with E-state index in [2.05, 4.69) is 0 Å². The van der Waals surface area contributed by atoms with Crippen molar-refractivity contribution in [2.45, 2.75) is 65.6 Å². The second kappa shape index (κ2) is 6.44. The SMILES string of the molecule is CC(C)(C)OCCC1(C(=O)O)CCN(C(=O)OC(C)(C)C)C1. The van der Waals surface area contributed by atoms with E-state index >= 15 is 0 Å². The number of ether oxygens (including phenoxy) is 2. The van der Waals surface area contributed by atoms with Crippen LogP contribution in [0.15, 0.2) is 0 Å². The van der Waals surface area contributed by atoms with Gasteiger partial charge in [-0.05, 0) is 54.4 Å². The van der Waals surface area contributed by atoms with Gasteiger partial charge < -0.3 is 19.5 Å². The van der Waals surface area contributed by atoms with Crippen molar-refractivity contribution >= 4 is 12.1 Å². The molecule has 1 unspecified atom stereocenters. The first-order valence-electron chi connectivity index (χ1n) is 7.70. The first kappa shape index (κ1) is 18.7. The quantitative estimate of drug-likeness (QED) is 0.863. The summed E-state index contributed by atoms with van der Waals surface area (Å²) in [5.41, 5.74) is -1.83. The monoisotopic (exact) mass is 315 g/mol. The van der Waals surface area contributed by atoms with E-state index in [1.165, 1.54) is 4.90 Å². The molecule has 1 rings (SSSR count). The Balaban J connectivity index is 2.67. The zero-order chi connectivity index (χ0) is 17.2. The molecular weight excluding hydrogens is 286 g/mol. The maximum atomic E-state index is 12.1. The number of hydrogen-bond donors (Lipinski definition) is 1. The lowest BCUT2D eigenvalue weighted by atomic mass is 9.84. The van der Waals surface area contributed by atoms with E-state index in [1.54, 1.807) is 20.8 Å². The lowest BCUT2D eigenvalue weighted by Gasteiger charge is -2.28. The topological polar surface area (TPSA) is 76.1 Å². The zero-order valence-electron chi connectivity index (χ0n) is 14.6. The van der Waals surface area contributed by atoms with Crippen molar-refractivity contribution in [3.8, 4) is 0 Å². The highest BCUT2D eigenvalue weighted by Gasteiger charge is 2.47.